The zero-order chi connectivity index (χ0) is 14.5. The van der Waals surface area contributed by atoms with Crippen LogP contribution < -0.4 is 0 Å². The quantitative estimate of drug-likeness (QED) is 0.747. The Morgan fingerprint density at radius 3 is 3.00 bits per heavy atom. The van der Waals surface area contributed by atoms with Crippen molar-refractivity contribution in [1.82, 2.24) is 15.0 Å². The molecular formula is C13H14BrN3O2S. The summed E-state index contributed by atoms with van der Waals surface area (Å²) in [6, 6.07) is 1.75. The maximum atomic E-state index is 11.9. The molecule has 0 spiro atoms. The smallest absolute Gasteiger partial charge is 0.246 e. The molecule has 106 valence electrons. The van der Waals surface area contributed by atoms with Gasteiger partial charge in [-0.25, -0.2) is 4.98 Å². The van der Waals surface area contributed by atoms with E-state index in [0.29, 0.717) is 23.5 Å². The first-order chi connectivity index (χ1) is 9.60. The van der Waals surface area contributed by atoms with Crippen molar-refractivity contribution in [2.45, 2.75) is 19.9 Å². The van der Waals surface area contributed by atoms with Crippen LogP contribution in [0, 0.1) is 6.92 Å². The molecule has 20 heavy (non-hydrogen) atoms. The molecule has 0 aromatic carbocycles. The Bertz CT molecular complexity index is 608. The topological polar surface area (TPSA) is 59.2 Å². The average Bonchev–Trinajstić information content (AvgIpc) is 3.02. The SMILES string of the molecule is C=CC(=O)N(CCc1scnc1C)Cc1cc(Br)no1. The summed E-state index contributed by atoms with van der Waals surface area (Å²) in [6.45, 7) is 6.47. The Balaban J connectivity index is 2.02. The molecule has 7 heteroatoms. The van der Waals surface area contributed by atoms with Crippen molar-refractivity contribution in [1.29, 1.82) is 0 Å². The second-order valence-electron chi connectivity index (χ2n) is 4.19. The van der Waals surface area contributed by atoms with Gasteiger partial charge in [0.15, 0.2) is 5.76 Å². The van der Waals surface area contributed by atoms with Crippen LogP contribution in [0.15, 0.2) is 33.4 Å². The number of aromatic nitrogens is 2. The third kappa shape index (κ3) is 3.77. The number of carbonyl (C=O) groups excluding carboxylic acids is 1. The van der Waals surface area contributed by atoms with Crippen molar-refractivity contribution >= 4 is 33.2 Å². The van der Waals surface area contributed by atoms with Gasteiger partial charge in [-0.2, -0.15) is 0 Å². The summed E-state index contributed by atoms with van der Waals surface area (Å²) in [5, 5.41) is 3.75. The molecular weight excluding hydrogens is 342 g/mol. The van der Waals surface area contributed by atoms with Crippen LogP contribution >= 0.6 is 27.3 Å². The Labute approximate surface area is 129 Å². The van der Waals surface area contributed by atoms with Crippen LogP contribution in [0.1, 0.15) is 16.3 Å². The Hall–Kier alpha value is -1.47. The van der Waals surface area contributed by atoms with Gasteiger partial charge in [0.25, 0.3) is 0 Å². The molecule has 0 aliphatic carbocycles. The van der Waals surface area contributed by atoms with Crippen LogP contribution in [-0.2, 0) is 17.8 Å². The molecule has 2 aromatic rings. The highest BCUT2D eigenvalue weighted by molar-refractivity contribution is 9.10. The van der Waals surface area contributed by atoms with E-state index in [1.165, 1.54) is 11.0 Å². The Morgan fingerprint density at radius 1 is 1.65 bits per heavy atom. The highest BCUT2D eigenvalue weighted by Crippen LogP contribution is 2.16. The number of halogens is 1. The number of hydrogen-bond donors (Lipinski definition) is 0. The van der Waals surface area contributed by atoms with Crippen molar-refractivity contribution < 1.29 is 9.32 Å². The zero-order valence-electron chi connectivity index (χ0n) is 11.0. The number of rotatable bonds is 6. The lowest BCUT2D eigenvalue weighted by molar-refractivity contribution is -0.126. The van der Waals surface area contributed by atoms with E-state index < -0.39 is 0 Å². The van der Waals surface area contributed by atoms with Gasteiger partial charge in [0.05, 0.1) is 17.7 Å². The minimum Gasteiger partial charge on any atom is -0.358 e. The summed E-state index contributed by atoms with van der Waals surface area (Å²) in [5.74, 6) is 0.507. The maximum absolute atomic E-state index is 11.9. The lowest BCUT2D eigenvalue weighted by Crippen LogP contribution is -2.30. The van der Waals surface area contributed by atoms with Crippen LogP contribution in [0.2, 0.25) is 0 Å². The normalized spacial score (nSPS) is 10.5. The molecule has 0 bridgehead atoms. The molecule has 0 aliphatic heterocycles. The second-order valence-corrected chi connectivity index (χ2v) is 5.94. The fourth-order valence-electron chi connectivity index (χ4n) is 1.75. The molecule has 0 saturated heterocycles. The standard InChI is InChI=1S/C13H14BrN3O2S/c1-3-13(18)17(7-10-6-12(14)16-19-10)5-4-11-9(2)15-8-20-11/h3,6,8H,1,4-5,7H2,2H3. The summed E-state index contributed by atoms with van der Waals surface area (Å²) in [6.07, 6.45) is 2.08. The van der Waals surface area contributed by atoms with E-state index in [1.54, 1.807) is 22.3 Å². The second kappa shape index (κ2) is 6.81. The third-order valence-corrected chi connectivity index (χ3v) is 4.19. The summed E-state index contributed by atoms with van der Waals surface area (Å²) >= 11 is 4.82. The van der Waals surface area contributed by atoms with Crippen molar-refractivity contribution in [2.24, 2.45) is 0 Å². The predicted octanol–water partition coefficient (Wildman–Crippen LogP) is 2.96. The van der Waals surface area contributed by atoms with E-state index in [9.17, 15) is 4.79 Å². The number of thiazole rings is 1. The van der Waals surface area contributed by atoms with Crippen molar-refractivity contribution in [3.05, 3.63) is 45.2 Å². The number of hydrogen-bond acceptors (Lipinski definition) is 5. The van der Waals surface area contributed by atoms with Gasteiger partial charge in [0, 0.05) is 23.9 Å². The van der Waals surface area contributed by atoms with Gasteiger partial charge in [-0.15, -0.1) is 11.3 Å². The van der Waals surface area contributed by atoms with Crippen LogP contribution in [-0.4, -0.2) is 27.5 Å². The minimum absolute atomic E-state index is 0.125. The van der Waals surface area contributed by atoms with Gasteiger partial charge < -0.3 is 9.42 Å². The van der Waals surface area contributed by atoms with E-state index in [4.69, 9.17) is 4.52 Å². The van der Waals surface area contributed by atoms with Gasteiger partial charge in [0.2, 0.25) is 5.91 Å². The van der Waals surface area contributed by atoms with Crippen LogP contribution in [0.5, 0.6) is 0 Å². The molecule has 2 heterocycles. The molecule has 0 unspecified atom stereocenters. The fourth-order valence-corrected chi connectivity index (χ4v) is 2.85. The van der Waals surface area contributed by atoms with Gasteiger partial charge in [0.1, 0.15) is 4.60 Å². The molecule has 5 nitrogen and oxygen atoms in total. The Morgan fingerprint density at radius 2 is 2.45 bits per heavy atom. The predicted molar refractivity (Wildman–Crippen MR) is 80.4 cm³/mol. The zero-order valence-corrected chi connectivity index (χ0v) is 13.4. The molecule has 0 radical (unpaired) electrons. The van der Waals surface area contributed by atoms with Crippen LogP contribution in [0.3, 0.4) is 0 Å². The van der Waals surface area contributed by atoms with Crippen LogP contribution in [0.4, 0.5) is 0 Å². The summed E-state index contributed by atoms with van der Waals surface area (Å²) in [5.41, 5.74) is 2.83. The first-order valence-corrected chi connectivity index (χ1v) is 7.69. The lowest BCUT2D eigenvalue weighted by atomic mass is 10.2. The van der Waals surface area contributed by atoms with Gasteiger partial charge in [-0.3, -0.25) is 4.79 Å². The highest BCUT2D eigenvalue weighted by atomic mass is 79.9. The number of nitrogens with zero attached hydrogens (tertiary/aromatic N) is 3. The van der Waals surface area contributed by atoms with E-state index in [-0.39, 0.29) is 5.91 Å². The van der Waals surface area contributed by atoms with Gasteiger partial charge in [-0.05, 0) is 28.9 Å². The van der Waals surface area contributed by atoms with Gasteiger partial charge in [-0.1, -0.05) is 11.7 Å². The lowest BCUT2D eigenvalue weighted by Gasteiger charge is -2.19. The van der Waals surface area contributed by atoms with E-state index >= 15 is 0 Å². The highest BCUT2D eigenvalue weighted by Gasteiger charge is 2.15. The molecule has 1 amide bonds. The summed E-state index contributed by atoms with van der Waals surface area (Å²) < 4.78 is 5.74. The molecule has 0 saturated carbocycles. The van der Waals surface area contributed by atoms with Crippen molar-refractivity contribution in [2.75, 3.05) is 6.54 Å². The van der Waals surface area contributed by atoms with Crippen LogP contribution in [0.25, 0.3) is 0 Å². The molecule has 0 aliphatic rings. The third-order valence-electron chi connectivity index (χ3n) is 2.82. The number of amides is 1. The monoisotopic (exact) mass is 355 g/mol. The average molecular weight is 356 g/mol. The summed E-state index contributed by atoms with van der Waals surface area (Å²) in [7, 11) is 0. The number of aryl methyl sites for hydroxylation is 1. The fraction of sp³-hybridized carbons (Fsp3) is 0.308. The molecule has 2 aromatic heterocycles. The minimum atomic E-state index is -0.125. The first-order valence-electron chi connectivity index (χ1n) is 6.01. The van der Waals surface area contributed by atoms with Gasteiger partial charge >= 0.3 is 0 Å². The molecule has 0 fully saturated rings. The maximum Gasteiger partial charge on any atom is 0.246 e. The molecule has 2 rings (SSSR count). The van der Waals surface area contributed by atoms with E-state index in [1.807, 2.05) is 12.4 Å². The van der Waals surface area contributed by atoms with E-state index in [2.05, 4.69) is 32.6 Å². The first kappa shape index (κ1) is 14.9. The summed E-state index contributed by atoms with van der Waals surface area (Å²) in [4.78, 5) is 19.0. The van der Waals surface area contributed by atoms with E-state index in [0.717, 1.165) is 12.1 Å². The molecule has 0 atom stereocenters. The number of carbonyl (C=O) groups is 1. The molecule has 0 N–H and O–H groups in total. The van der Waals surface area contributed by atoms with Crippen molar-refractivity contribution in [3.8, 4) is 0 Å². The largest absolute Gasteiger partial charge is 0.358 e. The van der Waals surface area contributed by atoms with Crippen molar-refractivity contribution in [3.63, 3.8) is 0 Å². The Kier molecular flexibility index (Phi) is 5.08.